The average Bonchev–Trinajstić information content (AvgIpc) is 2.49. The van der Waals surface area contributed by atoms with E-state index in [4.69, 9.17) is 5.73 Å². The first-order chi connectivity index (χ1) is 9.63. The minimum Gasteiger partial charge on any atom is -0.370 e. The molecule has 0 spiro atoms. The van der Waals surface area contributed by atoms with Crippen LogP contribution in [-0.2, 0) is 19.5 Å². The van der Waals surface area contributed by atoms with Crippen molar-refractivity contribution in [1.82, 2.24) is 0 Å². The van der Waals surface area contributed by atoms with Crippen molar-refractivity contribution in [1.29, 1.82) is 0 Å². The second-order valence-electron chi connectivity index (χ2n) is 5.01. The van der Waals surface area contributed by atoms with E-state index < -0.39 is 0 Å². The lowest BCUT2D eigenvalue weighted by atomic mass is 10.1. The molecule has 0 saturated carbocycles. The number of benzene rings is 2. The van der Waals surface area contributed by atoms with Gasteiger partial charge in [0.05, 0.1) is 0 Å². The second-order valence-corrected chi connectivity index (χ2v) is 5.86. The highest BCUT2D eigenvalue weighted by molar-refractivity contribution is 9.10. The summed E-state index contributed by atoms with van der Waals surface area (Å²) in [4.78, 5) is 2.25. The van der Waals surface area contributed by atoms with Crippen LogP contribution in [0.4, 0.5) is 5.69 Å². The molecule has 0 aliphatic carbocycles. The molecule has 2 nitrogen and oxygen atoms in total. The van der Waals surface area contributed by atoms with Gasteiger partial charge in [-0.2, -0.15) is 0 Å². The smallest absolute Gasteiger partial charge is 0.0437 e. The molecule has 3 heteroatoms. The maximum absolute atomic E-state index is 5.66. The van der Waals surface area contributed by atoms with Gasteiger partial charge in [-0.05, 0) is 41.3 Å². The molecule has 0 saturated heterocycles. The third-order valence-corrected chi connectivity index (χ3v) is 4.28. The molecule has 2 rings (SSSR count). The first-order valence-electron chi connectivity index (χ1n) is 6.91. The van der Waals surface area contributed by atoms with Gasteiger partial charge in [-0.25, -0.2) is 0 Å². The minimum atomic E-state index is 0.577. The van der Waals surface area contributed by atoms with Crippen molar-refractivity contribution < 1.29 is 0 Å². The van der Waals surface area contributed by atoms with E-state index in [1.807, 2.05) is 0 Å². The predicted molar refractivity (Wildman–Crippen MR) is 90.0 cm³/mol. The highest BCUT2D eigenvalue weighted by Gasteiger charge is 2.06. The third-order valence-electron chi connectivity index (χ3n) is 3.55. The summed E-state index contributed by atoms with van der Waals surface area (Å²) in [6, 6.07) is 15.1. The number of nitrogens with zero attached hydrogens (tertiary/aromatic N) is 1. The summed E-state index contributed by atoms with van der Waals surface area (Å²) in [6.45, 7) is 3.62. The van der Waals surface area contributed by atoms with Gasteiger partial charge >= 0.3 is 0 Å². The minimum absolute atomic E-state index is 0.577. The first kappa shape index (κ1) is 15.1. The van der Waals surface area contributed by atoms with E-state index in [1.54, 1.807) is 0 Å². The fourth-order valence-corrected chi connectivity index (χ4v) is 2.73. The van der Waals surface area contributed by atoms with E-state index in [-0.39, 0.29) is 0 Å². The van der Waals surface area contributed by atoms with Crippen LogP contribution >= 0.6 is 15.9 Å². The highest BCUT2D eigenvalue weighted by atomic mass is 79.9. The SMILES string of the molecule is CCc1ccc(N(C)Cc2ccc(CN)cc2Br)cc1. The molecular formula is C17H21BrN2. The van der Waals surface area contributed by atoms with Crippen LogP contribution in [0.25, 0.3) is 0 Å². The van der Waals surface area contributed by atoms with Crippen molar-refractivity contribution in [2.45, 2.75) is 26.4 Å². The fourth-order valence-electron chi connectivity index (χ4n) is 2.18. The molecular weight excluding hydrogens is 312 g/mol. The van der Waals surface area contributed by atoms with Gasteiger partial charge in [0.15, 0.2) is 0 Å². The van der Waals surface area contributed by atoms with Crippen LogP contribution in [0.2, 0.25) is 0 Å². The summed E-state index contributed by atoms with van der Waals surface area (Å²) < 4.78 is 1.12. The van der Waals surface area contributed by atoms with E-state index in [0.29, 0.717) is 6.54 Å². The molecule has 0 unspecified atom stereocenters. The van der Waals surface area contributed by atoms with E-state index in [9.17, 15) is 0 Å². The molecule has 0 heterocycles. The maximum atomic E-state index is 5.66. The van der Waals surface area contributed by atoms with E-state index in [0.717, 1.165) is 23.0 Å². The predicted octanol–water partition coefficient (Wildman–Crippen LogP) is 4.11. The molecule has 2 N–H and O–H groups in total. The normalized spacial score (nSPS) is 10.6. The van der Waals surface area contributed by atoms with Crippen molar-refractivity contribution in [2.75, 3.05) is 11.9 Å². The number of halogens is 1. The van der Waals surface area contributed by atoms with Crippen LogP contribution in [0.3, 0.4) is 0 Å². The van der Waals surface area contributed by atoms with Crippen LogP contribution in [0, 0.1) is 0 Å². The van der Waals surface area contributed by atoms with Crippen molar-refractivity contribution in [3.8, 4) is 0 Å². The van der Waals surface area contributed by atoms with Crippen molar-refractivity contribution in [3.05, 3.63) is 63.6 Å². The Morgan fingerprint density at radius 3 is 2.25 bits per heavy atom. The summed E-state index contributed by atoms with van der Waals surface area (Å²) >= 11 is 3.63. The quantitative estimate of drug-likeness (QED) is 0.892. The van der Waals surface area contributed by atoms with Crippen LogP contribution in [-0.4, -0.2) is 7.05 Å². The zero-order chi connectivity index (χ0) is 14.5. The largest absolute Gasteiger partial charge is 0.370 e. The van der Waals surface area contributed by atoms with Gasteiger partial charge in [0, 0.05) is 30.3 Å². The van der Waals surface area contributed by atoms with Crippen LogP contribution in [0.15, 0.2) is 46.9 Å². The van der Waals surface area contributed by atoms with Gasteiger partial charge < -0.3 is 10.6 Å². The number of hydrogen-bond acceptors (Lipinski definition) is 2. The lowest BCUT2D eigenvalue weighted by Gasteiger charge is -2.20. The Hall–Kier alpha value is -1.32. The Morgan fingerprint density at radius 2 is 1.70 bits per heavy atom. The van der Waals surface area contributed by atoms with Gasteiger partial charge in [-0.3, -0.25) is 0 Å². The van der Waals surface area contributed by atoms with E-state index in [1.165, 1.54) is 16.8 Å². The first-order valence-corrected chi connectivity index (χ1v) is 7.70. The summed E-state index contributed by atoms with van der Waals surface area (Å²) in [5, 5.41) is 0. The molecule has 0 aromatic heterocycles. The molecule has 20 heavy (non-hydrogen) atoms. The molecule has 0 fully saturated rings. The number of aryl methyl sites for hydroxylation is 1. The molecule has 0 atom stereocenters. The van der Waals surface area contributed by atoms with Crippen molar-refractivity contribution >= 4 is 21.6 Å². The van der Waals surface area contributed by atoms with Gasteiger partial charge in [0.2, 0.25) is 0 Å². The summed E-state index contributed by atoms with van der Waals surface area (Å²) in [5.74, 6) is 0. The van der Waals surface area contributed by atoms with Gasteiger partial charge in [-0.15, -0.1) is 0 Å². The average molecular weight is 333 g/mol. The molecule has 0 aliphatic rings. The third kappa shape index (κ3) is 3.62. The monoisotopic (exact) mass is 332 g/mol. The molecule has 0 radical (unpaired) electrons. The lowest BCUT2D eigenvalue weighted by Crippen LogP contribution is -2.16. The van der Waals surface area contributed by atoms with E-state index >= 15 is 0 Å². The number of hydrogen-bond donors (Lipinski definition) is 1. The molecule has 0 bridgehead atoms. The topological polar surface area (TPSA) is 29.3 Å². The second kappa shape index (κ2) is 6.91. The Labute approximate surface area is 129 Å². The molecule has 0 aliphatic heterocycles. The summed E-state index contributed by atoms with van der Waals surface area (Å²) in [5.41, 5.74) is 10.7. The van der Waals surface area contributed by atoms with Gasteiger partial charge in [0.25, 0.3) is 0 Å². The fraction of sp³-hybridized carbons (Fsp3) is 0.294. The summed E-state index contributed by atoms with van der Waals surface area (Å²) in [7, 11) is 2.12. The van der Waals surface area contributed by atoms with Gasteiger partial charge in [-0.1, -0.05) is 47.1 Å². The molecule has 106 valence electrons. The molecule has 0 amide bonds. The Bertz CT molecular complexity index is 564. The molecule has 2 aromatic carbocycles. The standard InChI is InChI=1S/C17H21BrN2/c1-3-13-5-8-16(9-6-13)20(2)12-15-7-4-14(11-19)10-17(15)18/h4-10H,3,11-12,19H2,1-2H3. The lowest BCUT2D eigenvalue weighted by molar-refractivity contribution is 0.914. The highest BCUT2D eigenvalue weighted by Crippen LogP contribution is 2.23. The van der Waals surface area contributed by atoms with Crippen LogP contribution < -0.4 is 10.6 Å². The van der Waals surface area contributed by atoms with Crippen LogP contribution in [0.5, 0.6) is 0 Å². The number of anilines is 1. The van der Waals surface area contributed by atoms with Gasteiger partial charge in [0.1, 0.15) is 0 Å². The zero-order valence-corrected chi connectivity index (χ0v) is 13.7. The summed E-state index contributed by atoms with van der Waals surface area (Å²) in [6.07, 6.45) is 1.08. The Balaban J connectivity index is 2.12. The molecule has 2 aromatic rings. The number of rotatable bonds is 5. The Kier molecular flexibility index (Phi) is 5.21. The maximum Gasteiger partial charge on any atom is 0.0437 e. The Morgan fingerprint density at radius 1 is 1.05 bits per heavy atom. The van der Waals surface area contributed by atoms with Crippen LogP contribution in [0.1, 0.15) is 23.6 Å². The number of nitrogens with two attached hydrogens (primary N) is 1. The van der Waals surface area contributed by atoms with E-state index in [2.05, 4.69) is 77.3 Å². The van der Waals surface area contributed by atoms with Crippen molar-refractivity contribution in [3.63, 3.8) is 0 Å². The zero-order valence-electron chi connectivity index (χ0n) is 12.1. The van der Waals surface area contributed by atoms with Crippen molar-refractivity contribution in [2.24, 2.45) is 5.73 Å².